The van der Waals surface area contributed by atoms with E-state index in [1.165, 1.54) is 28.4 Å². The topological polar surface area (TPSA) is 166 Å². The smallest absolute Gasteiger partial charge is 0.405 e. The molecule has 4 aromatic heterocycles. The molecule has 22 heteroatoms. The number of halogens is 6. The van der Waals surface area contributed by atoms with Crippen LogP contribution in [0.5, 0.6) is 23.0 Å². The molecule has 4 aromatic carbocycles. The Morgan fingerprint density at radius 3 is 1.38 bits per heavy atom. The molecule has 0 bridgehead atoms. The predicted octanol–water partition coefficient (Wildman–Crippen LogP) is 7.66. The van der Waals surface area contributed by atoms with Crippen molar-refractivity contribution in [3.05, 3.63) is 121 Å². The first-order valence-electron chi connectivity index (χ1n) is 19.6. The SMILES string of the molecule is COc1cc(-n2cnc3cc(-n4cnc(C)c4)ccc32)cc(OC)c1C(=O)NCC(F)(F)F.COc1cc(-n2cnc3cc(-n4cncc4C)ccc32)cc(OC)c1C(=O)NCC(F)(F)F. The van der Waals surface area contributed by atoms with Gasteiger partial charge in [-0.1, -0.05) is 0 Å². The first kappa shape index (κ1) is 46.0. The molecule has 0 spiro atoms. The summed E-state index contributed by atoms with van der Waals surface area (Å²) in [7, 11) is 5.30. The molecule has 0 aliphatic rings. The maximum atomic E-state index is 12.5. The Morgan fingerprint density at radius 2 is 1.00 bits per heavy atom. The molecule has 0 fully saturated rings. The van der Waals surface area contributed by atoms with E-state index >= 15 is 0 Å². The minimum Gasteiger partial charge on any atom is -0.496 e. The summed E-state index contributed by atoms with van der Waals surface area (Å²) in [5.74, 6) is -1.65. The van der Waals surface area contributed by atoms with Crippen LogP contribution >= 0.6 is 0 Å². The van der Waals surface area contributed by atoms with E-state index in [0.717, 1.165) is 33.8 Å². The number of aromatic nitrogens is 8. The molecule has 2 N–H and O–H groups in total. The molecule has 0 aliphatic heterocycles. The maximum Gasteiger partial charge on any atom is 0.405 e. The predicted molar refractivity (Wildman–Crippen MR) is 229 cm³/mol. The Labute approximate surface area is 371 Å². The van der Waals surface area contributed by atoms with Gasteiger partial charge in [-0.2, -0.15) is 26.3 Å². The molecule has 8 rings (SSSR count). The van der Waals surface area contributed by atoms with Crippen molar-refractivity contribution in [2.75, 3.05) is 41.5 Å². The van der Waals surface area contributed by atoms with E-state index in [1.807, 2.05) is 76.2 Å². The van der Waals surface area contributed by atoms with Gasteiger partial charge in [0.15, 0.2) is 0 Å². The highest BCUT2D eigenvalue weighted by Gasteiger charge is 2.31. The number of carbonyl (C=O) groups is 2. The zero-order valence-electron chi connectivity index (χ0n) is 35.9. The highest BCUT2D eigenvalue weighted by molar-refractivity contribution is 6.01. The third kappa shape index (κ3) is 9.86. The highest BCUT2D eigenvalue weighted by Crippen LogP contribution is 2.36. The summed E-state index contributed by atoms with van der Waals surface area (Å²) in [6, 6.07) is 17.6. The van der Waals surface area contributed by atoms with E-state index in [-0.39, 0.29) is 34.1 Å². The second-order valence-corrected chi connectivity index (χ2v) is 14.4. The number of alkyl halides is 6. The first-order valence-corrected chi connectivity index (χ1v) is 19.6. The van der Waals surface area contributed by atoms with Crippen LogP contribution < -0.4 is 29.6 Å². The summed E-state index contributed by atoms with van der Waals surface area (Å²) in [4.78, 5) is 42.2. The number of rotatable bonds is 12. The van der Waals surface area contributed by atoms with E-state index in [4.69, 9.17) is 18.9 Å². The van der Waals surface area contributed by atoms with Gasteiger partial charge < -0.3 is 38.7 Å². The average molecular weight is 919 g/mol. The van der Waals surface area contributed by atoms with Crippen molar-refractivity contribution in [3.63, 3.8) is 0 Å². The van der Waals surface area contributed by atoms with Crippen LogP contribution in [0, 0.1) is 13.8 Å². The van der Waals surface area contributed by atoms with Crippen molar-refractivity contribution in [3.8, 4) is 45.7 Å². The lowest BCUT2D eigenvalue weighted by atomic mass is 10.1. The number of carbonyl (C=O) groups excluding carboxylic acids is 2. The summed E-state index contributed by atoms with van der Waals surface area (Å²) in [5, 5.41) is 3.69. The van der Waals surface area contributed by atoms with Crippen LogP contribution in [-0.4, -0.2) is 104 Å². The van der Waals surface area contributed by atoms with Gasteiger partial charge in [0.25, 0.3) is 11.8 Å². The second-order valence-electron chi connectivity index (χ2n) is 14.4. The van der Waals surface area contributed by atoms with E-state index in [9.17, 15) is 35.9 Å². The number of aryl methyl sites for hydroxylation is 2. The van der Waals surface area contributed by atoms with Gasteiger partial charge >= 0.3 is 12.4 Å². The normalized spacial score (nSPS) is 11.6. The van der Waals surface area contributed by atoms with Gasteiger partial charge in [-0.15, -0.1) is 0 Å². The average Bonchev–Trinajstić information content (AvgIpc) is 4.12. The minimum atomic E-state index is -4.54. The van der Waals surface area contributed by atoms with E-state index in [0.29, 0.717) is 22.4 Å². The number of benzene rings is 4. The number of hydrogen-bond donors (Lipinski definition) is 2. The number of imidazole rings is 4. The Hall–Kier alpha value is -8.04. The molecular formula is C44H40F6N10O6. The molecule has 8 aromatic rings. The molecule has 0 saturated heterocycles. The molecule has 344 valence electrons. The van der Waals surface area contributed by atoms with Crippen LogP contribution in [0.4, 0.5) is 26.3 Å². The number of ether oxygens (including phenoxy) is 4. The summed E-state index contributed by atoms with van der Waals surface area (Å²) >= 11 is 0. The van der Waals surface area contributed by atoms with E-state index < -0.39 is 37.3 Å². The van der Waals surface area contributed by atoms with Gasteiger partial charge in [0.2, 0.25) is 0 Å². The molecular weight excluding hydrogens is 879 g/mol. The number of amides is 2. The number of nitrogens with one attached hydrogen (secondary N) is 2. The number of methoxy groups -OCH3 is 4. The van der Waals surface area contributed by atoms with Crippen LogP contribution in [-0.2, 0) is 0 Å². The van der Waals surface area contributed by atoms with Gasteiger partial charge in [-0.05, 0) is 50.2 Å². The summed E-state index contributed by atoms with van der Waals surface area (Å²) in [6.07, 6.45) is 1.21. The Balaban J connectivity index is 0.000000196. The molecule has 4 heterocycles. The lowest BCUT2D eigenvalue weighted by Gasteiger charge is -2.16. The van der Waals surface area contributed by atoms with Crippen molar-refractivity contribution in [1.82, 2.24) is 48.8 Å². The van der Waals surface area contributed by atoms with Gasteiger partial charge in [0, 0.05) is 53.7 Å². The lowest BCUT2D eigenvalue weighted by molar-refractivity contribution is -0.123. The number of hydrogen-bond acceptors (Lipinski definition) is 10. The van der Waals surface area contributed by atoms with Gasteiger partial charge in [-0.3, -0.25) is 18.7 Å². The molecule has 16 nitrogen and oxygen atoms in total. The first-order chi connectivity index (χ1) is 31.4. The lowest BCUT2D eigenvalue weighted by Crippen LogP contribution is -2.34. The zero-order chi connectivity index (χ0) is 47.5. The second kappa shape index (κ2) is 18.6. The van der Waals surface area contributed by atoms with Gasteiger partial charge in [-0.25, -0.2) is 19.9 Å². The third-order valence-electron chi connectivity index (χ3n) is 10.1. The molecule has 0 saturated carbocycles. The molecule has 0 unspecified atom stereocenters. The van der Waals surface area contributed by atoms with Crippen molar-refractivity contribution in [1.29, 1.82) is 0 Å². The summed E-state index contributed by atoms with van der Waals surface area (Å²) in [6.45, 7) is 0.911. The fourth-order valence-corrected chi connectivity index (χ4v) is 6.98. The third-order valence-corrected chi connectivity index (χ3v) is 10.1. The highest BCUT2D eigenvalue weighted by atomic mass is 19.4. The van der Waals surface area contributed by atoms with Crippen molar-refractivity contribution >= 4 is 33.9 Å². The molecule has 66 heavy (non-hydrogen) atoms. The number of nitrogens with zero attached hydrogens (tertiary/aromatic N) is 8. The minimum absolute atomic E-state index is 0.0661. The standard InChI is InChI=1S/2C22H20F3N5O3/c1-13-9-29(11-27-13)14-4-5-17-16(6-14)28-12-30(17)15-7-18(32-2)20(19(8-15)33-3)21(31)26-10-22(23,24)25;1-13-9-26-11-29(13)14-4-5-17-16(6-14)28-12-30(17)15-7-18(32-2)20(19(8-15)33-3)21(31)27-10-22(23,24)25/h4-9,11-12H,10H2,1-3H3,(H,26,31);4-9,11-12H,10H2,1-3H3,(H,27,31). The molecule has 0 aliphatic carbocycles. The monoisotopic (exact) mass is 918 g/mol. The molecule has 0 atom stereocenters. The van der Waals surface area contributed by atoms with Crippen LogP contribution in [0.2, 0.25) is 0 Å². The zero-order valence-corrected chi connectivity index (χ0v) is 35.9. The van der Waals surface area contributed by atoms with Crippen LogP contribution in [0.15, 0.2) is 98.4 Å². The number of fused-ring (bicyclic) bond motifs is 2. The van der Waals surface area contributed by atoms with Crippen molar-refractivity contribution in [2.24, 2.45) is 0 Å². The largest absolute Gasteiger partial charge is 0.496 e. The van der Waals surface area contributed by atoms with E-state index in [2.05, 4.69) is 19.9 Å². The van der Waals surface area contributed by atoms with Crippen LogP contribution in [0.3, 0.4) is 0 Å². The summed E-state index contributed by atoms with van der Waals surface area (Å²) < 4.78 is 104. The Morgan fingerprint density at radius 1 is 0.561 bits per heavy atom. The molecule has 0 radical (unpaired) electrons. The Bertz CT molecular complexity index is 3010. The van der Waals surface area contributed by atoms with Crippen molar-refractivity contribution < 1.29 is 54.9 Å². The van der Waals surface area contributed by atoms with Crippen LogP contribution in [0.1, 0.15) is 32.1 Å². The van der Waals surface area contributed by atoms with E-state index in [1.54, 1.807) is 64.9 Å². The quantitative estimate of drug-likeness (QED) is 0.116. The fraction of sp³-hybridized carbons (Fsp3) is 0.227. The maximum absolute atomic E-state index is 12.5. The van der Waals surface area contributed by atoms with Gasteiger partial charge in [0.05, 0.1) is 80.2 Å². The van der Waals surface area contributed by atoms with Crippen molar-refractivity contribution in [2.45, 2.75) is 26.2 Å². The van der Waals surface area contributed by atoms with Gasteiger partial charge in [0.1, 0.15) is 59.9 Å². The Kier molecular flexibility index (Phi) is 12.9. The summed E-state index contributed by atoms with van der Waals surface area (Å²) in [5.41, 5.74) is 7.48. The van der Waals surface area contributed by atoms with Crippen LogP contribution in [0.25, 0.3) is 44.8 Å². The molecule has 2 amide bonds. The fourth-order valence-electron chi connectivity index (χ4n) is 6.98.